The molecule has 0 aliphatic heterocycles. The second kappa shape index (κ2) is 10.9. The van der Waals surface area contributed by atoms with Crippen LogP contribution in [0.25, 0.3) is 22.6 Å². The molecule has 2 heterocycles. The molecule has 1 unspecified atom stereocenters. The van der Waals surface area contributed by atoms with Gasteiger partial charge in [0.1, 0.15) is 40.1 Å². The summed E-state index contributed by atoms with van der Waals surface area (Å²) in [6.07, 6.45) is -2.64. The average molecular weight is 502 g/mol. The Kier molecular flexibility index (Phi) is 8.21. The molecule has 182 valence electrons. The van der Waals surface area contributed by atoms with Crippen LogP contribution in [0, 0.1) is 11.6 Å². The Labute approximate surface area is 197 Å². The Hall–Kier alpha value is -3.05. The van der Waals surface area contributed by atoms with E-state index in [9.17, 15) is 13.2 Å². The molecule has 0 radical (unpaired) electrons. The molecule has 2 N–H and O–H groups in total. The molecule has 0 saturated heterocycles. The molecule has 34 heavy (non-hydrogen) atoms. The van der Waals surface area contributed by atoms with Crippen LogP contribution >= 0.6 is 11.6 Å². The number of alkyl halides is 3. The second-order valence-electron chi connectivity index (χ2n) is 7.25. The van der Waals surface area contributed by atoms with Gasteiger partial charge in [0.05, 0.1) is 17.7 Å². The SMILES string of the molecule is CNCCCOc1cc(F)c(-c2c(Cl)nc(-c3ccccn3)nc2NC(C)C(F)(F)F)c(F)c1. The second-order valence-corrected chi connectivity index (χ2v) is 7.61. The van der Waals surface area contributed by atoms with Gasteiger partial charge in [0.2, 0.25) is 0 Å². The van der Waals surface area contributed by atoms with Gasteiger partial charge < -0.3 is 15.4 Å². The number of hydrogen-bond donors (Lipinski definition) is 2. The molecule has 0 bridgehead atoms. The van der Waals surface area contributed by atoms with Crippen LogP contribution in [0.3, 0.4) is 0 Å². The van der Waals surface area contributed by atoms with E-state index in [1.807, 2.05) is 0 Å². The molecule has 1 atom stereocenters. The predicted molar refractivity (Wildman–Crippen MR) is 119 cm³/mol. The Bertz CT molecular complexity index is 1110. The summed E-state index contributed by atoms with van der Waals surface area (Å²) in [5.74, 6) is -2.87. The van der Waals surface area contributed by atoms with E-state index in [1.165, 1.54) is 12.3 Å². The summed E-state index contributed by atoms with van der Waals surface area (Å²) in [5.41, 5.74) is -0.920. The minimum atomic E-state index is -4.66. The van der Waals surface area contributed by atoms with E-state index < -0.39 is 46.0 Å². The van der Waals surface area contributed by atoms with E-state index in [2.05, 4.69) is 25.6 Å². The number of ether oxygens (including phenoxy) is 1. The summed E-state index contributed by atoms with van der Waals surface area (Å²) in [4.78, 5) is 12.1. The maximum absolute atomic E-state index is 15.0. The number of nitrogens with zero attached hydrogens (tertiary/aromatic N) is 3. The van der Waals surface area contributed by atoms with Gasteiger partial charge in [0, 0.05) is 18.3 Å². The van der Waals surface area contributed by atoms with E-state index >= 15 is 8.78 Å². The standard InChI is InChI=1S/C22H21ClF5N5O/c1-12(22(26,27)28)31-21-18(19(23)32-20(33-21)16-6-3-4-8-30-16)17-14(24)10-13(11-15(17)25)34-9-5-7-29-2/h3-4,6,8,10-12,29H,5,7,9H2,1-2H3,(H,31,32,33). The van der Waals surface area contributed by atoms with Gasteiger partial charge >= 0.3 is 6.18 Å². The summed E-state index contributed by atoms with van der Waals surface area (Å²) < 4.78 is 75.2. The highest BCUT2D eigenvalue weighted by molar-refractivity contribution is 6.32. The number of rotatable bonds is 9. The lowest BCUT2D eigenvalue weighted by Gasteiger charge is -2.21. The summed E-state index contributed by atoms with van der Waals surface area (Å²) in [5, 5.41) is 4.62. The van der Waals surface area contributed by atoms with Gasteiger partial charge in [-0.3, -0.25) is 4.98 Å². The smallest absolute Gasteiger partial charge is 0.408 e. The van der Waals surface area contributed by atoms with Crippen molar-refractivity contribution in [3.05, 3.63) is 53.3 Å². The number of halogens is 6. The van der Waals surface area contributed by atoms with Crippen LogP contribution in [0.15, 0.2) is 36.5 Å². The van der Waals surface area contributed by atoms with Crippen molar-refractivity contribution in [1.29, 1.82) is 0 Å². The van der Waals surface area contributed by atoms with Crippen molar-refractivity contribution in [2.75, 3.05) is 25.5 Å². The first kappa shape index (κ1) is 25.6. The van der Waals surface area contributed by atoms with Gasteiger partial charge in [-0.2, -0.15) is 13.2 Å². The lowest BCUT2D eigenvalue weighted by atomic mass is 10.1. The molecule has 2 aromatic heterocycles. The van der Waals surface area contributed by atoms with Gasteiger partial charge in [-0.25, -0.2) is 18.7 Å². The fourth-order valence-corrected chi connectivity index (χ4v) is 3.23. The first-order valence-corrected chi connectivity index (χ1v) is 10.6. The van der Waals surface area contributed by atoms with E-state index in [0.29, 0.717) is 13.0 Å². The molecule has 0 saturated carbocycles. The summed E-state index contributed by atoms with van der Waals surface area (Å²) in [6.45, 7) is 1.69. The van der Waals surface area contributed by atoms with Gasteiger partial charge in [0.25, 0.3) is 0 Å². The lowest BCUT2D eigenvalue weighted by Crippen LogP contribution is -2.33. The molecule has 6 nitrogen and oxygen atoms in total. The first-order valence-electron chi connectivity index (χ1n) is 10.2. The Balaban J connectivity index is 2.09. The fourth-order valence-electron chi connectivity index (χ4n) is 2.97. The van der Waals surface area contributed by atoms with Crippen LogP contribution in [-0.2, 0) is 0 Å². The average Bonchev–Trinajstić information content (AvgIpc) is 2.77. The zero-order valence-corrected chi connectivity index (χ0v) is 18.9. The Morgan fingerprint density at radius 3 is 2.38 bits per heavy atom. The minimum Gasteiger partial charge on any atom is -0.493 e. The molecule has 0 aliphatic rings. The van der Waals surface area contributed by atoms with Crippen molar-refractivity contribution in [3.63, 3.8) is 0 Å². The molecule has 0 spiro atoms. The number of aromatic nitrogens is 3. The predicted octanol–water partition coefficient (Wildman–Crippen LogP) is 5.49. The monoisotopic (exact) mass is 501 g/mol. The summed E-state index contributed by atoms with van der Waals surface area (Å²) in [6, 6.07) is 4.51. The highest BCUT2D eigenvalue weighted by Crippen LogP contribution is 2.40. The van der Waals surface area contributed by atoms with Crippen LogP contribution in [0.1, 0.15) is 13.3 Å². The number of anilines is 1. The third-order valence-corrected chi connectivity index (χ3v) is 4.98. The van der Waals surface area contributed by atoms with Crippen molar-refractivity contribution in [3.8, 4) is 28.4 Å². The van der Waals surface area contributed by atoms with E-state index in [4.69, 9.17) is 16.3 Å². The van der Waals surface area contributed by atoms with Gasteiger partial charge in [-0.05, 0) is 39.1 Å². The lowest BCUT2D eigenvalue weighted by molar-refractivity contribution is -0.138. The van der Waals surface area contributed by atoms with Gasteiger partial charge in [0.15, 0.2) is 5.82 Å². The molecule has 12 heteroatoms. The summed E-state index contributed by atoms with van der Waals surface area (Å²) in [7, 11) is 1.75. The molecule has 0 fully saturated rings. The molecule has 0 aliphatic carbocycles. The fraction of sp³-hybridized carbons (Fsp3) is 0.318. The summed E-state index contributed by atoms with van der Waals surface area (Å²) >= 11 is 6.25. The molecular weight excluding hydrogens is 481 g/mol. The quantitative estimate of drug-likeness (QED) is 0.229. The van der Waals surface area contributed by atoms with E-state index in [-0.39, 0.29) is 23.9 Å². The number of benzene rings is 1. The zero-order valence-electron chi connectivity index (χ0n) is 18.2. The number of hydrogen-bond acceptors (Lipinski definition) is 6. The van der Waals surface area contributed by atoms with Crippen molar-refractivity contribution in [2.24, 2.45) is 0 Å². The molecule has 3 aromatic rings. The highest BCUT2D eigenvalue weighted by atomic mass is 35.5. The van der Waals surface area contributed by atoms with Crippen molar-refractivity contribution >= 4 is 17.4 Å². The molecular formula is C22H21ClF5N5O. The third-order valence-electron chi connectivity index (χ3n) is 4.71. The van der Waals surface area contributed by atoms with Crippen molar-refractivity contribution in [2.45, 2.75) is 25.6 Å². The maximum Gasteiger partial charge on any atom is 0.408 e. The normalized spacial score (nSPS) is 12.5. The van der Waals surface area contributed by atoms with Crippen LogP contribution in [0.4, 0.5) is 27.8 Å². The van der Waals surface area contributed by atoms with Crippen LogP contribution in [0.5, 0.6) is 5.75 Å². The van der Waals surface area contributed by atoms with Gasteiger partial charge in [-0.15, -0.1) is 0 Å². The van der Waals surface area contributed by atoms with E-state index in [1.54, 1.807) is 19.2 Å². The van der Waals surface area contributed by atoms with Crippen LogP contribution in [-0.4, -0.2) is 47.4 Å². The molecule has 3 rings (SSSR count). The van der Waals surface area contributed by atoms with Crippen LogP contribution < -0.4 is 15.4 Å². The van der Waals surface area contributed by atoms with Crippen LogP contribution in [0.2, 0.25) is 5.15 Å². The largest absolute Gasteiger partial charge is 0.493 e. The highest BCUT2D eigenvalue weighted by Gasteiger charge is 2.37. The Morgan fingerprint density at radius 2 is 1.79 bits per heavy atom. The van der Waals surface area contributed by atoms with Gasteiger partial charge in [-0.1, -0.05) is 17.7 Å². The van der Waals surface area contributed by atoms with Crippen molar-refractivity contribution < 1.29 is 26.7 Å². The number of pyridine rings is 1. The van der Waals surface area contributed by atoms with E-state index in [0.717, 1.165) is 19.1 Å². The maximum atomic E-state index is 15.0. The molecule has 0 amide bonds. The first-order chi connectivity index (χ1) is 16.1. The molecule has 1 aromatic carbocycles. The zero-order chi connectivity index (χ0) is 24.9. The number of nitrogens with one attached hydrogen (secondary N) is 2. The third kappa shape index (κ3) is 6.09. The topological polar surface area (TPSA) is 72.0 Å². The van der Waals surface area contributed by atoms with Crippen molar-refractivity contribution in [1.82, 2.24) is 20.3 Å². The Morgan fingerprint density at radius 1 is 1.09 bits per heavy atom. The minimum absolute atomic E-state index is 0.0739.